The molecule has 1 amide bonds. The van der Waals surface area contributed by atoms with Gasteiger partial charge in [0.15, 0.2) is 4.87 Å². The van der Waals surface area contributed by atoms with Crippen LogP contribution in [0.3, 0.4) is 0 Å². The van der Waals surface area contributed by atoms with Crippen LogP contribution in [0.4, 0.5) is 5.69 Å². The molecule has 3 nitrogen and oxygen atoms in total. The van der Waals surface area contributed by atoms with Crippen LogP contribution >= 0.6 is 23.2 Å². The van der Waals surface area contributed by atoms with Crippen LogP contribution in [0, 0.1) is 0 Å². The molecule has 0 spiro atoms. The third kappa shape index (κ3) is 2.37. The first-order valence-electron chi connectivity index (χ1n) is 6.47. The van der Waals surface area contributed by atoms with Gasteiger partial charge in [0.05, 0.1) is 7.11 Å². The quantitative estimate of drug-likeness (QED) is 0.868. The molecule has 108 valence electrons. The van der Waals surface area contributed by atoms with Gasteiger partial charge in [0, 0.05) is 22.7 Å². The number of hydrogen-bond acceptors (Lipinski definition) is 2. The number of alkyl halides is 1. The SMILES string of the molecule is COc1ccccc1CC1(Cl)C(=O)Nc2ccc(Cl)cc21. The average Bonchev–Trinajstić information content (AvgIpc) is 2.72. The Labute approximate surface area is 132 Å². The van der Waals surface area contributed by atoms with E-state index in [0.717, 1.165) is 5.56 Å². The number of methoxy groups -OCH3 is 1. The second kappa shape index (κ2) is 5.24. The van der Waals surface area contributed by atoms with Crippen molar-refractivity contribution in [1.29, 1.82) is 0 Å². The number of fused-ring (bicyclic) bond motifs is 1. The molecule has 1 unspecified atom stereocenters. The Morgan fingerprint density at radius 1 is 1.24 bits per heavy atom. The van der Waals surface area contributed by atoms with Gasteiger partial charge >= 0.3 is 0 Å². The van der Waals surface area contributed by atoms with Gasteiger partial charge in [-0.3, -0.25) is 4.79 Å². The zero-order valence-corrected chi connectivity index (χ0v) is 12.8. The van der Waals surface area contributed by atoms with Crippen molar-refractivity contribution in [1.82, 2.24) is 0 Å². The fraction of sp³-hybridized carbons (Fsp3) is 0.188. The minimum atomic E-state index is -1.17. The van der Waals surface area contributed by atoms with Gasteiger partial charge in [0.1, 0.15) is 5.75 Å². The Bertz CT molecular complexity index is 717. The number of halogens is 2. The van der Waals surface area contributed by atoms with Crippen molar-refractivity contribution in [3.8, 4) is 5.75 Å². The van der Waals surface area contributed by atoms with Crippen LogP contribution in [-0.2, 0) is 16.1 Å². The fourth-order valence-corrected chi connectivity index (χ4v) is 3.10. The molecule has 3 rings (SSSR count). The van der Waals surface area contributed by atoms with Crippen LogP contribution < -0.4 is 10.1 Å². The summed E-state index contributed by atoms with van der Waals surface area (Å²) in [7, 11) is 1.60. The highest BCUT2D eigenvalue weighted by Crippen LogP contribution is 2.45. The Morgan fingerprint density at radius 3 is 2.76 bits per heavy atom. The second-order valence-electron chi connectivity index (χ2n) is 4.93. The van der Waals surface area contributed by atoms with Crippen LogP contribution in [0.25, 0.3) is 0 Å². The maximum atomic E-state index is 12.3. The Hall–Kier alpha value is -1.71. The molecule has 0 aromatic heterocycles. The van der Waals surface area contributed by atoms with E-state index >= 15 is 0 Å². The largest absolute Gasteiger partial charge is 0.496 e. The van der Waals surface area contributed by atoms with Crippen molar-refractivity contribution in [2.45, 2.75) is 11.3 Å². The molecule has 5 heteroatoms. The van der Waals surface area contributed by atoms with Crippen molar-refractivity contribution in [3.63, 3.8) is 0 Å². The number of hydrogen-bond donors (Lipinski definition) is 1. The van der Waals surface area contributed by atoms with Crippen LogP contribution in [0.15, 0.2) is 42.5 Å². The molecular formula is C16H13Cl2NO2. The van der Waals surface area contributed by atoms with E-state index in [9.17, 15) is 4.79 Å². The number of ether oxygens (including phenoxy) is 1. The van der Waals surface area contributed by atoms with Gasteiger partial charge in [-0.25, -0.2) is 0 Å². The summed E-state index contributed by atoms with van der Waals surface area (Å²) in [6, 6.07) is 12.7. The van der Waals surface area contributed by atoms with Gasteiger partial charge in [0.2, 0.25) is 0 Å². The molecule has 1 N–H and O–H groups in total. The molecule has 1 heterocycles. The number of para-hydroxylation sites is 1. The lowest BCUT2D eigenvalue weighted by atomic mass is 9.92. The van der Waals surface area contributed by atoms with Gasteiger partial charge in [0.25, 0.3) is 5.91 Å². The lowest BCUT2D eigenvalue weighted by Crippen LogP contribution is -2.30. The predicted octanol–water partition coefficient (Wildman–Crippen LogP) is 3.98. The first-order valence-corrected chi connectivity index (χ1v) is 7.22. The Morgan fingerprint density at radius 2 is 2.00 bits per heavy atom. The summed E-state index contributed by atoms with van der Waals surface area (Å²) in [5.41, 5.74) is 2.28. The molecule has 0 aliphatic carbocycles. The normalized spacial score (nSPS) is 20.0. The first-order chi connectivity index (χ1) is 10.0. The van der Waals surface area contributed by atoms with E-state index < -0.39 is 4.87 Å². The highest BCUT2D eigenvalue weighted by molar-refractivity contribution is 6.39. The van der Waals surface area contributed by atoms with Crippen molar-refractivity contribution >= 4 is 34.8 Å². The number of amides is 1. The maximum absolute atomic E-state index is 12.3. The zero-order valence-electron chi connectivity index (χ0n) is 11.3. The third-order valence-corrected chi connectivity index (χ3v) is 4.39. The summed E-state index contributed by atoms with van der Waals surface area (Å²) >= 11 is 12.7. The molecule has 1 aliphatic heterocycles. The number of carbonyl (C=O) groups is 1. The second-order valence-corrected chi connectivity index (χ2v) is 6.02. The molecule has 0 saturated carbocycles. The van der Waals surface area contributed by atoms with Gasteiger partial charge < -0.3 is 10.1 Å². The first kappa shape index (κ1) is 14.2. The van der Waals surface area contributed by atoms with Gasteiger partial charge in [-0.1, -0.05) is 29.8 Å². The minimum absolute atomic E-state index is 0.243. The molecule has 2 aromatic carbocycles. The maximum Gasteiger partial charge on any atom is 0.250 e. The molecule has 2 aromatic rings. The van der Waals surface area contributed by atoms with Crippen LogP contribution in [0.2, 0.25) is 5.02 Å². The van der Waals surface area contributed by atoms with Crippen molar-refractivity contribution < 1.29 is 9.53 Å². The molecule has 21 heavy (non-hydrogen) atoms. The third-order valence-electron chi connectivity index (χ3n) is 3.64. The number of rotatable bonds is 3. The summed E-state index contributed by atoms with van der Waals surface area (Å²) in [6.45, 7) is 0. The topological polar surface area (TPSA) is 38.3 Å². The molecule has 0 radical (unpaired) electrons. The highest BCUT2D eigenvalue weighted by atomic mass is 35.5. The average molecular weight is 322 g/mol. The Kier molecular flexibility index (Phi) is 3.56. The van der Waals surface area contributed by atoms with E-state index in [1.807, 2.05) is 24.3 Å². The molecule has 1 atom stereocenters. The van der Waals surface area contributed by atoms with Crippen molar-refractivity contribution in [2.75, 3.05) is 12.4 Å². The van der Waals surface area contributed by atoms with E-state index in [1.165, 1.54) is 0 Å². The lowest BCUT2D eigenvalue weighted by molar-refractivity contribution is -0.118. The molecule has 0 saturated heterocycles. The van der Waals surface area contributed by atoms with E-state index in [1.54, 1.807) is 25.3 Å². The summed E-state index contributed by atoms with van der Waals surface area (Å²) in [5, 5.41) is 3.35. The fourth-order valence-electron chi connectivity index (χ4n) is 2.58. The number of carbonyl (C=O) groups excluding carboxylic acids is 1. The van der Waals surface area contributed by atoms with E-state index in [2.05, 4.69) is 5.32 Å². The smallest absolute Gasteiger partial charge is 0.250 e. The van der Waals surface area contributed by atoms with E-state index in [-0.39, 0.29) is 5.91 Å². The predicted molar refractivity (Wildman–Crippen MR) is 84.3 cm³/mol. The summed E-state index contributed by atoms with van der Waals surface area (Å²) < 4.78 is 5.33. The van der Waals surface area contributed by atoms with E-state index in [0.29, 0.717) is 28.4 Å². The van der Waals surface area contributed by atoms with Gasteiger partial charge in [-0.15, -0.1) is 11.6 Å². The monoisotopic (exact) mass is 321 g/mol. The van der Waals surface area contributed by atoms with E-state index in [4.69, 9.17) is 27.9 Å². The molecule has 0 bridgehead atoms. The minimum Gasteiger partial charge on any atom is -0.496 e. The highest BCUT2D eigenvalue weighted by Gasteiger charge is 2.45. The van der Waals surface area contributed by atoms with Crippen LogP contribution in [-0.4, -0.2) is 13.0 Å². The molecule has 0 fully saturated rings. The summed E-state index contributed by atoms with van der Waals surface area (Å²) in [6.07, 6.45) is 0.331. The van der Waals surface area contributed by atoms with Crippen molar-refractivity contribution in [2.24, 2.45) is 0 Å². The van der Waals surface area contributed by atoms with Gasteiger partial charge in [-0.05, 0) is 29.8 Å². The molecular weight excluding hydrogens is 309 g/mol. The summed E-state index contributed by atoms with van der Waals surface area (Å²) in [4.78, 5) is 11.2. The number of nitrogens with one attached hydrogen (secondary N) is 1. The lowest BCUT2D eigenvalue weighted by Gasteiger charge is -2.21. The summed E-state index contributed by atoms with van der Waals surface area (Å²) in [5.74, 6) is 0.466. The molecule has 1 aliphatic rings. The Balaban J connectivity index is 2.05. The number of benzene rings is 2. The van der Waals surface area contributed by atoms with Gasteiger partial charge in [-0.2, -0.15) is 0 Å². The zero-order chi connectivity index (χ0) is 15.0. The van der Waals surface area contributed by atoms with Crippen LogP contribution in [0.1, 0.15) is 11.1 Å². The standard InChI is InChI=1S/C16H13Cl2NO2/c1-21-14-5-3-2-4-10(14)9-16(18)12-8-11(17)6-7-13(12)19-15(16)20/h2-8H,9H2,1H3,(H,19,20). The number of anilines is 1. The van der Waals surface area contributed by atoms with Crippen molar-refractivity contribution in [3.05, 3.63) is 58.6 Å². The van der Waals surface area contributed by atoms with Crippen LogP contribution in [0.5, 0.6) is 5.75 Å².